The van der Waals surface area contributed by atoms with E-state index in [1.807, 2.05) is 20.2 Å². The molecule has 5 rings (SSSR count). The van der Waals surface area contributed by atoms with Gasteiger partial charge in [-0.15, -0.1) is 0 Å². The summed E-state index contributed by atoms with van der Waals surface area (Å²) < 4.78 is 0. The molecule has 1 atom stereocenters. The minimum atomic E-state index is 0.279. The maximum Gasteiger partial charge on any atom is 0.162 e. The van der Waals surface area contributed by atoms with Gasteiger partial charge in [0.15, 0.2) is 5.82 Å². The average Bonchev–Trinajstić information content (AvgIpc) is 2.90. The highest BCUT2D eigenvalue weighted by Gasteiger charge is 2.24. The van der Waals surface area contributed by atoms with Gasteiger partial charge in [-0.2, -0.15) is 0 Å². The Morgan fingerprint density at radius 2 is 1.51 bits per heavy atom. The molecule has 35 heavy (non-hydrogen) atoms. The number of hydrogen-bond acceptors (Lipinski definition) is 6. The quantitative estimate of drug-likeness (QED) is 0.424. The molecule has 0 amide bonds. The zero-order chi connectivity index (χ0) is 24.2. The van der Waals surface area contributed by atoms with E-state index >= 15 is 0 Å². The van der Waals surface area contributed by atoms with Crippen molar-refractivity contribution in [3.63, 3.8) is 0 Å². The molecule has 0 spiro atoms. The monoisotopic (exact) mass is 466 g/mol. The van der Waals surface area contributed by atoms with E-state index in [0.717, 1.165) is 66.5 Å². The molecule has 2 heterocycles. The first-order chi connectivity index (χ1) is 17.1. The predicted octanol–water partition coefficient (Wildman–Crippen LogP) is 4.76. The van der Waals surface area contributed by atoms with E-state index in [2.05, 4.69) is 99.9 Å². The van der Waals surface area contributed by atoms with Crippen molar-refractivity contribution < 1.29 is 0 Å². The molecule has 0 saturated carbocycles. The first-order valence-corrected chi connectivity index (χ1v) is 12.3. The number of likely N-dealkylation sites (N-methyl/N-ethyl adjacent to an activating group) is 1. The summed E-state index contributed by atoms with van der Waals surface area (Å²) in [6.45, 7) is 5.09. The largest absolute Gasteiger partial charge is 0.378 e. The molecule has 0 bridgehead atoms. The number of aromatic nitrogens is 2. The Hall–Kier alpha value is -3.48. The molecule has 6 heteroatoms. The Labute approximate surface area is 208 Å². The first-order valence-electron chi connectivity index (χ1n) is 12.3. The summed E-state index contributed by atoms with van der Waals surface area (Å²) in [7, 11) is 6.30. The predicted molar refractivity (Wildman–Crippen MR) is 146 cm³/mol. The summed E-state index contributed by atoms with van der Waals surface area (Å²) in [4.78, 5) is 17.0. The maximum atomic E-state index is 5.01. The number of nitrogens with one attached hydrogen (secondary N) is 1. The van der Waals surface area contributed by atoms with Crippen LogP contribution in [-0.4, -0.2) is 73.6 Å². The number of piperazine rings is 1. The van der Waals surface area contributed by atoms with Crippen LogP contribution in [0.25, 0.3) is 22.3 Å². The van der Waals surface area contributed by atoms with E-state index in [9.17, 15) is 0 Å². The van der Waals surface area contributed by atoms with Gasteiger partial charge in [0.25, 0.3) is 0 Å². The minimum absolute atomic E-state index is 0.279. The molecule has 6 nitrogen and oxygen atoms in total. The SMILES string of the molecule is CN1CCN(C(CNc2nc(-c3ccc(N(C)C)cc3)nc3ccccc23)c2ccccc2)CC1. The van der Waals surface area contributed by atoms with Crippen LogP contribution in [0.1, 0.15) is 11.6 Å². The fourth-order valence-corrected chi connectivity index (χ4v) is 4.71. The molecule has 4 aromatic rings. The van der Waals surface area contributed by atoms with Crippen molar-refractivity contribution in [2.45, 2.75) is 6.04 Å². The third-order valence-corrected chi connectivity index (χ3v) is 6.87. The Bertz CT molecular complexity index is 1250. The molecule has 1 fully saturated rings. The lowest BCUT2D eigenvalue weighted by Crippen LogP contribution is -2.47. The number of hydrogen-bond donors (Lipinski definition) is 1. The lowest BCUT2D eigenvalue weighted by molar-refractivity contribution is 0.116. The van der Waals surface area contributed by atoms with Gasteiger partial charge in [0.2, 0.25) is 0 Å². The van der Waals surface area contributed by atoms with Crippen molar-refractivity contribution in [1.29, 1.82) is 0 Å². The van der Waals surface area contributed by atoms with Gasteiger partial charge in [-0.25, -0.2) is 9.97 Å². The molecular weight excluding hydrogens is 432 g/mol. The highest BCUT2D eigenvalue weighted by molar-refractivity contribution is 5.90. The number of anilines is 2. The molecule has 1 aromatic heterocycles. The topological polar surface area (TPSA) is 47.5 Å². The van der Waals surface area contributed by atoms with Crippen LogP contribution in [0.5, 0.6) is 0 Å². The van der Waals surface area contributed by atoms with Crippen molar-refractivity contribution in [3.05, 3.63) is 84.4 Å². The Morgan fingerprint density at radius 1 is 0.829 bits per heavy atom. The number of benzene rings is 3. The molecule has 1 unspecified atom stereocenters. The highest BCUT2D eigenvalue weighted by Crippen LogP contribution is 2.28. The van der Waals surface area contributed by atoms with Gasteiger partial charge < -0.3 is 15.1 Å². The molecule has 0 aliphatic carbocycles. The van der Waals surface area contributed by atoms with Crippen molar-refractivity contribution in [2.24, 2.45) is 0 Å². The number of nitrogens with zero attached hydrogens (tertiary/aromatic N) is 5. The summed E-state index contributed by atoms with van der Waals surface area (Å²) in [5, 5.41) is 4.77. The van der Waals surface area contributed by atoms with Crippen LogP contribution in [0, 0.1) is 0 Å². The smallest absolute Gasteiger partial charge is 0.162 e. The van der Waals surface area contributed by atoms with Crippen LogP contribution in [0.2, 0.25) is 0 Å². The second-order valence-corrected chi connectivity index (χ2v) is 9.50. The van der Waals surface area contributed by atoms with Crippen LogP contribution in [0.4, 0.5) is 11.5 Å². The molecule has 1 aliphatic heterocycles. The zero-order valence-electron chi connectivity index (χ0n) is 20.9. The zero-order valence-corrected chi connectivity index (χ0v) is 20.9. The molecule has 180 valence electrons. The third kappa shape index (κ3) is 5.29. The van der Waals surface area contributed by atoms with E-state index in [4.69, 9.17) is 9.97 Å². The van der Waals surface area contributed by atoms with E-state index in [-0.39, 0.29) is 6.04 Å². The highest BCUT2D eigenvalue weighted by atomic mass is 15.3. The van der Waals surface area contributed by atoms with E-state index in [1.165, 1.54) is 5.56 Å². The van der Waals surface area contributed by atoms with Gasteiger partial charge >= 0.3 is 0 Å². The van der Waals surface area contributed by atoms with Crippen molar-refractivity contribution in [1.82, 2.24) is 19.8 Å². The second-order valence-electron chi connectivity index (χ2n) is 9.50. The molecular formula is C29H34N6. The lowest BCUT2D eigenvalue weighted by Gasteiger charge is -2.38. The van der Waals surface area contributed by atoms with Gasteiger partial charge in [0.1, 0.15) is 5.82 Å². The van der Waals surface area contributed by atoms with Crippen LogP contribution < -0.4 is 10.2 Å². The normalized spacial score (nSPS) is 15.7. The third-order valence-electron chi connectivity index (χ3n) is 6.87. The Morgan fingerprint density at radius 3 is 2.23 bits per heavy atom. The van der Waals surface area contributed by atoms with Gasteiger partial charge in [0, 0.05) is 63.5 Å². The van der Waals surface area contributed by atoms with E-state index < -0.39 is 0 Å². The average molecular weight is 467 g/mol. The summed E-state index contributed by atoms with van der Waals surface area (Å²) in [6, 6.07) is 27.8. The molecule has 1 saturated heterocycles. The van der Waals surface area contributed by atoms with Gasteiger partial charge in [-0.1, -0.05) is 42.5 Å². The summed E-state index contributed by atoms with van der Waals surface area (Å²) in [6.07, 6.45) is 0. The number of fused-ring (bicyclic) bond motifs is 1. The Balaban J connectivity index is 1.46. The minimum Gasteiger partial charge on any atom is -0.378 e. The fraction of sp³-hybridized carbons (Fsp3) is 0.310. The number of para-hydroxylation sites is 1. The standard InChI is InChI=1S/C29H34N6/c1-33(2)24-15-13-23(14-16-24)28-31-26-12-8-7-11-25(26)29(32-28)30-21-27(22-9-5-4-6-10-22)35-19-17-34(3)18-20-35/h4-16,27H,17-21H2,1-3H3,(H,30,31,32). The molecule has 1 aliphatic rings. The number of rotatable bonds is 7. The van der Waals surface area contributed by atoms with E-state index in [1.54, 1.807) is 0 Å². The summed E-state index contributed by atoms with van der Waals surface area (Å²) in [5.74, 6) is 1.63. The van der Waals surface area contributed by atoms with E-state index in [0.29, 0.717) is 0 Å². The summed E-state index contributed by atoms with van der Waals surface area (Å²) in [5.41, 5.74) is 4.46. The van der Waals surface area contributed by atoms with Crippen LogP contribution in [0.3, 0.4) is 0 Å². The van der Waals surface area contributed by atoms with Crippen LogP contribution in [0.15, 0.2) is 78.9 Å². The van der Waals surface area contributed by atoms with Crippen molar-refractivity contribution in [2.75, 3.05) is 64.1 Å². The molecule has 3 aromatic carbocycles. The molecule has 0 radical (unpaired) electrons. The van der Waals surface area contributed by atoms with Gasteiger partial charge in [-0.3, -0.25) is 4.90 Å². The maximum absolute atomic E-state index is 5.01. The van der Waals surface area contributed by atoms with Crippen molar-refractivity contribution in [3.8, 4) is 11.4 Å². The fourth-order valence-electron chi connectivity index (χ4n) is 4.71. The lowest BCUT2D eigenvalue weighted by atomic mass is 10.0. The van der Waals surface area contributed by atoms with Gasteiger partial charge in [-0.05, 0) is 49.0 Å². The molecule has 1 N–H and O–H groups in total. The Kier molecular flexibility index (Phi) is 6.93. The van der Waals surface area contributed by atoms with Gasteiger partial charge in [0.05, 0.1) is 11.6 Å². The van der Waals surface area contributed by atoms with Crippen LogP contribution in [-0.2, 0) is 0 Å². The van der Waals surface area contributed by atoms with Crippen LogP contribution >= 0.6 is 0 Å². The van der Waals surface area contributed by atoms with Crippen molar-refractivity contribution >= 4 is 22.4 Å². The summed E-state index contributed by atoms with van der Waals surface area (Å²) >= 11 is 0. The second kappa shape index (κ2) is 10.4. The first kappa shape index (κ1) is 23.3.